The third-order valence-electron chi connectivity index (χ3n) is 3.78. The van der Waals surface area contributed by atoms with Crippen LogP contribution in [0.4, 0.5) is 10.5 Å². The molecular formula is C14H20N4O3. The maximum Gasteiger partial charge on any atom is 0.354 e. The van der Waals surface area contributed by atoms with Gasteiger partial charge in [0.15, 0.2) is 0 Å². The molecule has 1 saturated heterocycles. The van der Waals surface area contributed by atoms with Crippen LogP contribution < -0.4 is 10.6 Å². The van der Waals surface area contributed by atoms with Gasteiger partial charge in [-0.2, -0.15) is 0 Å². The summed E-state index contributed by atoms with van der Waals surface area (Å²) in [6.45, 7) is 3.10. The average molecular weight is 292 g/mol. The van der Waals surface area contributed by atoms with E-state index in [2.05, 4.69) is 34.5 Å². The first-order valence-electron chi connectivity index (χ1n) is 6.93. The van der Waals surface area contributed by atoms with Crippen LogP contribution in [0.25, 0.3) is 0 Å². The lowest BCUT2D eigenvalue weighted by molar-refractivity contribution is 0.0690. The summed E-state index contributed by atoms with van der Waals surface area (Å²) in [4.78, 5) is 28.6. The number of nitrogens with one attached hydrogen (secondary N) is 2. The van der Waals surface area contributed by atoms with Gasteiger partial charge in [-0.3, -0.25) is 0 Å². The van der Waals surface area contributed by atoms with Gasteiger partial charge in [-0.1, -0.05) is 0 Å². The van der Waals surface area contributed by atoms with Crippen molar-refractivity contribution < 1.29 is 14.7 Å². The highest BCUT2D eigenvalue weighted by Gasteiger charge is 2.23. The Morgan fingerprint density at radius 2 is 2.19 bits per heavy atom. The van der Waals surface area contributed by atoms with Crippen molar-refractivity contribution in [3.63, 3.8) is 0 Å². The SMILES string of the molecule is CC1CC(NC(=O)Nc2ccc(C(=O)O)nc2)CCN1C. The Hall–Kier alpha value is -2.15. The molecule has 7 heteroatoms. The molecule has 0 bridgehead atoms. The molecule has 114 valence electrons. The van der Waals surface area contributed by atoms with Crippen molar-refractivity contribution in [2.45, 2.75) is 31.8 Å². The minimum Gasteiger partial charge on any atom is -0.477 e. The van der Waals surface area contributed by atoms with Gasteiger partial charge in [-0.15, -0.1) is 0 Å². The number of piperidine rings is 1. The van der Waals surface area contributed by atoms with Crippen molar-refractivity contribution in [2.24, 2.45) is 0 Å². The summed E-state index contributed by atoms with van der Waals surface area (Å²) in [7, 11) is 2.08. The first-order chi connectivity index (χ1) is 9.95. The normalized spacial score (nSPS) is 22.6. The molecule has 3 N–H and O–H groups in total. The zero-order valence-electron chi connectivity index (χ0n) is 12.2. The standard InChI is InChI=1S/C14H20N4O3/c1-9-7-10(5-6-18(9)2)16-14(21)17-11-3-4-12(13(19)20)15-8-11/h3-4,8-10H,5-7H2,1-2H3,(H,19,20)(H2,16,17,21). The summed E-state index contributed by atoms with van der Waals surface area (Å²) < 4.78 is 0. The molecular weight excluding hydrogens is 272 g/mol. The topological polar surface area (TPSA) is 94.6 Å². The Morgan fingerprint density at radius 1 is 1.43 bits per heavy atom. The third kappa shape index (κ3) is 4.16. The summed E-state index contributed by atoms with van der Waals surface area (Å²) in [5.74, 6) is -1.09. The van der Waals surface area contributed by atoms with E-state index in [1.54, 1.807) is 0 Å². The second-order valence-electron chi connectivity index (χ2n) is 5.39. The number of aromatic nitrogens is 1. The molecule has 0 aliphatic carbocycles. The average Bonchev–Trinajstić information content (AvgIpc) is 2.43. The van der Waals surface area contributed by atoms with Gasteiger partial charge in [-0.05, 0) is 38.9 Å². The van der Waals surface area contributed by atoms with Gasteiger partial charge in [-0.25, -0.2) is 14.6 Å². The minimum absolute atomic E-state index is 0.0508. The van der Waals surface area contributed by atoms with Crippen LogP contribution >= 0.6 is 0 Å². The maximum atomic E-state index is 11.9. The highest BCUT2D eigenvalue weighted by Crippen LogP contribution is 2.15. The Morgan fingerprint density at radius 3 is 2.76 bits per heavy atom. The number of carboxylic acids is 1. The largest absolute Gasteiger partial charge is 0.477 e. The molecule has 0 aromatic carbocycles. The lowest BCUT2D eigenvalue weighted by atomic mass is 9.99. The molecule has 0 saturated carbocycles. The van der Waals surface area contributed by atoms with E-state index in [4.69, 9.17) is 5.11 Å². The van der Waals surface area contributed by atoms with Gasteiger partial charge >= 0.3 is 12.0 Å². The Bertz CT molecular complexity index is 517. The molecule has 1 aliphatic rings. The molecule has 2 atom stereocenters. The molecule has 1 aliphatic heterocycles. The fraction of sp³-hybridized carbons (Fsp3) is 0.500. The van der Waals surface area contributed by atoms with Crippen molar-refractivity contribution in [2.75, 3.05) is 18.9 Å². The second-order valence-corrected chi connectivity index (χ2v) is 5.39. The maximum absolute atomic E-state index is 11.9. The van der Waals surface area contributed by atoms with Gasteiger partial charge in [0.1, 0.15) is 5.69 Å². The second kappa shape index (κ2) is 6.53. The number of aromatic carboxylic acids is 1. The number of nitrogens with zero attached hydrogens (tertiary/aromatic N) is 2. The summed E-state index contributed by atoms with van der Waals surface area (Å²) in [5.41, 5.74) is 0.420. The molecule has 7 nitrogen and oxygen atoms in total. The number of rotatable bonds is 3. The third-order valence-corrected chi connectivity index (χ3v) is 3.78. The summed E-state index contributed by atoms with van der Waals surface area (Å²) in [6.07, 6.45) is 3.17. The highest BCUT2D eigenvalue weighted by molar-refractivity contribution is 5.90. The van der Waals surface area contributed by atoms with E-state index in [1.165, 1.54) is 18.3 Å². The van der Waals surface area contributed by atoms with Gasteiger partial charge < -0.3 is 20.6 Å². The number of carbonyl (C=O) groups excluding carboxylic acids is 1. The number of urea groups is 1. The number of pyridine rings is 1. The van der Waals surface area contributed by atoms with Gasteiger partial charge in [0.05, 0.1) is 11.9 Å². The molecule has 2 rings (SSSR count). The monoisotopic (exact) mass is 292 g/mol. The quantitative estimate of drug-likeness (QED) is 0.782. The lowest BCUT2D eigenvalue weighted by Gasteiger charge is -2.35. The van der Waals surface area contributed by atoms with E-state index in [9.17, 15) is 9.59 Å². The zero-order valence-corrected chi connectivity index (χ0v) is 12.2. The fourth-order valence-corrected chi connectivity index (χ4v) is 2.37. The predicted octanol–water partition coefficient (Wildman–Crippen LogP) is 1.38. The fourth-order valence-electron chi connectivity index (χ4n) is 2.37. The molecule has 1 fully saturated rings. The Labute approximate surface area is 123 Å². The lowest BCUT2D eigenvalue weighted by Crippen LogP contribution is -2.48. The number of hydrogen-bond acceptors (Lipinski definition) is 4. The van der Waals surface area contributed by atoms with Crippen molar-refractivity contribution in [3.05, 3.63) is 24.0 Å². The van der Waals surface area contributed by atoms with E-state index in [0.717, 1.165) is 19.4 Å². The summed E-state index contributed by atoms with van der Waals surface area (Å²) in [6, 6.07) is 3.19. The van der Waals surface area contributed by atoms with Crippen LogP contribution in [0.3, 0.4) is 0 Å². The number of amides is 2. The molecule has 0 radical (unpaired) electrons. The smallest absolute Gasteiger partial charge is 0.354 e. The van der Waals surface area contributed by atoms with Crippen LogP contribution in [0.15, 0.2) is 18.3 Å². The van der Waals surface area contributed by atoms with E-state index in [0.29, 0.717) is 11.7 Å². The molecule has 2 unspecified atom stereocenters. The minimum atomic E-state index is -1.09. The zero-order chi connectivity index (χ0) is 15.4. The number of likely N-dealkylation sites (tertiary alicyclic amines) is 1. The van der Waals surface area contributed by atoms with Gasteiger partial charge in [0.25, 0.3) is 0 Å². The highest BCUT2D eigenvalue weighted by atomic mass is 16.4. The van der Waals surface area contributed by atoms with Crippen molar-refractivity contribution in [1.82, 2.24) is 15.2 Å². The van der Waals surface area contributed by atoms with Crippen molar-refractivity contribution in [1.29, 1.82) is 0 Å². The molecule has 2 amide bonds. The summed E-state index contributed by atoms with van der Waals surface area (Å²) >= 11 is 0. The Balaban J connectivity index is 1.85. The first-order valence-corrected chi connectivity index (χ1v) is 6.93. The summed E-state index contributed by atoms with van der Waals surface area (Å²) in [5, 5.41) is 14.4. The van der Waals surface area contributed by atoms with Gasteiger partial charge in [0, 0.05) is 18.6 Å². The number of hydrogen-bond donors (Lipinski definition) is 3. The van der Waals surface area contributed by atoms with Crippen molar-refractivity contribution >= 4 is 17.7 Å². The Kier molecular flexibility index (Phi) is 4.74. The van der Waals surface area contributed by atoms with Crippen LogP contribution in [0.5, 0.6) is 0 Å². The molecule has 0 spiro atoms. The van der Waals surface area contributed by atoms with E-state index in [1.807, 2.05) is 0 Å². The number of carbonyl (C=O) groups is 2. The van der Waals surface area contributed by atoms with Crippen molar-refractivity contribution in [3.8, 4) is 0 Å². The number of anilines is 1. The van der Waals surface area contributed by atoms with E-state index in [-0.39, 0.29) is 17.8 Å². The first kappa shape index (κ1) is 15.2. The molecule has 21 heavy (non-hydrogen) atoms. The molecule has 1 aromatic rings. The van der Waals surface area contributed by atoms with E-state index < -0.39 is 5.97 Å². The van der Waals surface area contributed by atoms with Crippen LogP contribution in [0.1, 0.15) is 30.3 Å². The van der Waals surface area contributed by atoms with Crippen LogP contribution in [0.2, 0.25) is 0 Å². The van der Waals surface area contributed by atoms with Crippen LogP contribution in [-0.2, 0) is 0 Å². The molecule has 1 aromatic heterocycles. The molecule has 2 heterocycles. The van der Waals surface area contributed by atoms with Gasteiger partial charge in [0.2, 0.25) is 0 Å². The van der Waals surface area contributed by atoms with E-state index >= 15 is 0 Å². The number of carboxylic acid groups (broad SMARTS) is 1. The van der Waals surface area contributed by atoms with Crippen LogP contribution in [-0.4, -0.2) is 52.7 Å². The predicted molar refractivity (Wildman–Crippen MR) is 78.5 cm³/mol. The van der Waals surface area contributed by atoms with Crippen LogP contribution in [0, 0.1) is 0 Å².